The van der Waals surface area contributed by atoms with Gasteiger partial charge in [-0.15, -0.1) is 0 Å². The first-order valence-electron chi connectivity index (χ1n) is 10.2. The van der Waals surface area contributed by atoms with Crippen LogP contribution in [0.4, 0.5) is 11.5 Å². The Balaban J connectivity index is 1.58. The summed E-state index contributed by atoms with van der Waals surface area (Å²) in [5, 5.41) is 4.02. The van der Waals surface area contributed by atoms with E-state index in [0.717, 1.165) is 35.5 Å². The van der Waals surface area contributed by atoms with Crippen molar-refractivity contribution in [2.24, 2.45) is 4.99 Å². The van der Waals surface area contributed by atoms with Crippen LogP contribution in [0, 0.1) is 0 Å². The molecule has 3 aromatic rings. The predicted molar refractivity (Wildman–Crippen MR) is 139 cm³/mol. The molecule has 1 aliphatic rings. The Labute approximate surface area is 206 Å². The molecule has 1 saturated heterocycles. The molecule has 1 aromatic heterocycles. The Bertz CT molecular complexity index is 1260. The van der Waals surface area contributed by atoms with Gasteiger partial charge in [-0.25, -0.2) is 9.98 Å². The van der Waals surface area contributed by atoms with Crippen LogP contribution in [0.5, 0.6) is 0 Å². The van der Waals surface area contributed by atoms with Crippen LogP contribution in [0.2, 0.25) is 10.0 Å². The van der Waals surface area contributed by atoms with E-state index in [4.69, 9.17) is 28.2 Å². The highest BCUT2D eigenvalue weighted by molar-refractivity contribution is 8.18. The van der Waals surface area contributed by atoms with Crippen LogP contribution in [-0.2, 0) is 4.79 Å². The summed E-state index contributed by atoms with van der Waals surface area (Å²) in [6.07, 6.45) is 3.58. The number of para-hydroxylation sites is 1. The van der Waals surface area contributed by atoms with Crippen molar-refractivity contribution in [2.75, 3.05) is 39.1 Å². The van der Waals surface area contributed by atoms with Crippen LogP contribution >= 0.6 is 35.0 Å². The molecular weight excluding hydrogens is 479 g/mol. The minimum absolute atomic E-state index is 0.231. The van der Waals surface area contributed by atoms with Gasteiger partial charge in [0.2, 0.25) is 0 Å². The van der Waals surface area contributed by atoms with Crippen molar-refractivity contribution in [1.29, 1.82) is 0 Å². The fourth-order valence-electron chi connectivity index (χ4n) is 3.09. The molecule has 0 unspecified atom stereocenters. The summed E-state index contributed by atoms with van der Waals surface area (Å²) in [5.41, 5.74) is 2.83. The fourth-order valence-corrected chi connectivity index (χ4v) is 4.40. The molecule has 1 amide bonds. The average molecular weight is 501 g/mol. The predicted octanol–water partition coefficient (Wildman–Crippen LogP) is 4.83. The lowest BCUT2D eigenvalue weighted by Crippen LogP contribution is -2.29. The number of benzene rings is 2. The van der Waals surface area contributed by atoms with Crippen molar-refractivity contribution in [2.45, 2.75) is 0 Å². The molecule has 2 aromatic carbocycles. The molecule has 0 saturated carbocycles. The average Bonchev–Trinajstić information content (AvgIpc) is 3.12. The summed E-state index contributed by atoms with van der Waals surface area (Å²) >= 11 is 13.6. The highest BCUT2D eigenvalue weighted by atomic mass is 35.5. The van der Waals surface area contributed by atoms with Gasteiger partial charge >= 0.3 is 0 Å². The third-order valence-electron chi connectivity index (χ3n) is 4.93. The second kappa shape index (κ2) is 10.1. The lowest BCUT2D eigenvalue weighted by Gasteiger charge is -2.20. The van der Waals surface area contributed by atoms with Crippen LogP contribution in [0.15, 0.2) is 52.5 Å². The number of carbonyl (C=O) groups excluding carboxylic acids is 1. The van der Waals surface area contributed by atoms with Gasteiger partial charge in [-0.05, 0) is 61.8 Å². The molecule has 4 rings (SSSR count). The molecule has 33 heavy (non-hydrogen) atoms. The molecule has 0 atom stereocenters. The molecule has 170 valence electrons. The highest BCUT2D eigenvalue weighted by Crippen LogP contribution is 2.35. The zero-order valence-electron chi connectivity index (χ0n) is 18.3. The number of fused-ring (bicyclic) bond motifs is 1. The van der Waals surface area contributed by atoms with Crippen molar-refractivity contribution in [3.8, 4) is 0 Å². The third kappa shape index (κ3) is 5.65. The van der Waals surface area contributed by atoms with Gasteiger partial charge in [0.1, 0.15) is 11.5 Å². The quantitative estimate of drug-likeness (QED) is 0.488. The van der Waals surface area contributed by atoms with E-state index in [1.165, 1.54) is 11.8 Å². The summed E-state index contributed by atoms with van der Waals surface area (Å²) in [6, 6.07) is 10.9. The number of halogens is 2. The number of amides is 1. The minimum atomic E-state index is -0.231. The van der Waals surface area contributed by atoms with E-state index in [-0.39, 0.29) is 5.91 Å². The van der Waals surface area contributed by atoms with E-state index >= 15 is 0 Å². The first-order valence-corrected chi connectivity index (χ1v) is 11.7. The molecule has 7 nitrogen and oxygen atoms in total. The topological polar surface area (TPSA) is 73.7 Å². The van der Waals surface area contributed by atoms with Crippen LogP contribution < -0.4 is 10.2 Å². The smallest absolute Gasteiger partial charge is 0.264 e. The number of nitrogens with zero attached hydrogens (tertiary/aromatic N) is 5. The standard InChI is InChI=1S/C23H22Cl2N6OS/c1-30(2)9-10-31(3)20-13-26-17-8-7-14(11-18(17)27-20)12-19-22(32)29-23(33-19)28-21-15(24)5-4-6-16(21)25/h4-8,11-13H,9-10H2,1-3H3,(H,28,29,32)/b19-12-. The third-order valence-corrected chi connectivity index (χ3v) is 6.45. The molecule has 10 heteroatoms. The van der Waals surface area contributed by atoms with E-state index in [0.29, 0.717) is 25.8 Å². The van der Waals surface area contributed by atoms with Crippen molar-refractivity contribution in [3.05, 3.63) is 63.1 Å². The summed E-state index contributed by atoms with van der Waals surface area (Å²) in [4.78, 5) is 30.9. The van der Waals surface area contributed by atoms with Crippen molar-refractivity contribution >= 4 is 74.7 Å². The van der Waals surface area contributed by atoms with E-state index < -0.39 is 0 Å². The Morgan fingerprint density at radius 3 is 2.58 bits per heavy atom. The molecule has 0 radical (unpaired) electrons. The van der Waals surface area contributed by atoms with Gasteiger partial charge in [-0.3, -0.25) is 9.78 Å². The van der Waals surface area contributed by atoms with Gasteiger partial charge in [0.15, 0.2) is 5.17 Å². The number of carbonyl (C=O) groups is 1. The second-order valence-electron chi connectivity index (χ2n) is 7.75. The first-order chi connectivity index (χ1) is 15.8. The van der Waals surface area contributed by atoms with Crippen molar-refractivity contribution in [1.82, 2.24) is 20.2 Å². The number of aliphatic imine (C=N–C) groups is 1. The fraction of sp³-hybridized carbons (Fsp3) is 0.217. The van der Waals surface area contributed by atoms with Crippen LogP contribution in [0.3, 0.4) is 0 Å². The Morgan fingerprint density at radius 2 is 1.85 bits per heavy atom. The number of hydrogen-bond acceptors (Lipinski definition) is 7. The van der Waals surface area contributed by atoms with Crippen LogP contribution in [-0.4, -0.2) is 60.2 Å². The largest absolute Gasteiger partial charge is 0.357 e. The molecule has 1 N–H and O–H groups in total. The van der Waals surface area contributed by atoms with E-state index in [1.54, 1.807) is 30.5 Å². The van der Waals surface area contributed by atoms with E-state index in [1.807, 2.05) is 39.3 Å². The highest BCUT2D eigenvalue weighted by Gasteiger charge is 2.24. The Kier molecular flexibility index (Phi) is 7.19. The van der Waals surface area contributed by atoms with Gasteiger partial charge < -0.3 is 15.1 Å². The van der Waals surface area contributed by atoms with Crippen LogP contribution in [0.25, 0.3) is 17.1 Å². The number of aromatic nitrogens is 2. The maximum absolute atomic E-state index is 12.5. The van der Waals surface area contributed by atoms with E-state index in [2.05, 4.69) is 25.1 Å². The zero-order valence-corrected chi connectivity index (χ0v) is 20.7. The summed E-state index contributed by atoms with van der Waals surface area (Å²) in [6.45, 7) is 1.75. The van der Waals surface area contributed by atoms with Gasteiger partial charge in [0.25, 0.3) is 5.91 Å². The molecule has 2 heterocycles. The normalized spacial score (nSPS) is 16.2. The summed E-state index contributed by atoms with van der Waals surface area (Å²) in [7, 11) is 6.07. The van der Waals surface area contributed by atoms with Gasteiger partial charge in [0, 0.05) is 20.1 Å². The molecular formula is C23H22Cl2N6OS. The number of nitrogens with one attached hydrogen (secondary N) is 1. The molecule has 0 bridgehead atoms. The maximum atomic E-state index is 12.5. The van der Waals surface area contributed by atoms with Crippen molar-refractivity contribution in [3.63, 3.8) is 0 Å². The number of anilines is 1. The second-order valence-corrected chi connectivity index (χ2v) is 9.60. The zero-order chi connectivity index (χ0) is 23.5. The van der Waals surface area contributed by atoms with Crippen molar-refractivity contribution < 1.29 is 4.79 Å². The molecule has 1 aliphatic heterocycles. The SMILES string of the molecule is CN(C)CCN(C)c1cnc2ccc(/C=C3\SC(=Nc4c(Cl)cccc4Cl)NC3=O)cc2n1. The van der Waals surface area contributed by atoms with Gasteiger partial charge in [0.05, 0.1) is 32.2 Å². The van der Waals surface area contributed by atoms with E-state index in [9.17, 15) is 4.79 Å². The monoisotopic (exact) mass is 500 g/mol. The minimum Gasteiger partial charge on any atom is -0.357 e. The number of amidine groups is 1. The Morgan fingerprint density at radius 1 is 1.09 bits per heavy atom. The van der Waals surface area contributed by atoms with Gasteiger partial charge in [-0.2, -0.15) is 0 Å². The lowest BCUT2D eigenvalue weighted by molar-refractivity contribution is -0.115. The maximum Gasteiger partial charge on any atom is 0.264 e. The molecule has 1 fully saturated rings. The lowest BCUT2D eigenvalue weighted by atomic mass is 10.1. The number of hydrogen-bond donors (Lipinski definition) is 1. The molecule has 0 spiro atoms. The first kappa shape index (κ1) is 23.5. The summed E-state index contributed by atoms with van der Waals surface area (Å²) < 4.78 is 0. The number of rotatable bonds is 6. The number of likely N-dealkylation sites (N-methyl/N-ethyl adjacent to an activating group) is 2. The Hall–Kier alpha value is -2.65. The summed E-state index contributed by atoms with van der Waals surface area (Å²) in [5.74, 6) is 0.568. The van der Waals surface area contributed by atoms with Gasteiger partial charge in [-0.1, -0.05) is 35.3 Å². The molecule has 0 aliphatic carbocycles. The number of thioether (sulfide) groups is 1. The van der Waals surface area contributed by atoms with Crippen LogP contribution in [0.1, 0.15) is 5.56 Å².